The number of fused-ring (bicyclic) bond motifs is 1. The first kappa shape index (κ1) is 15.3. The summed E-state index contributed by atoms with van der Waals surface area (Å²) in [6.07, 6.45) is 1.82. The topological polar surface area (TPSA) is 37.6 Å². The second kappa shape index (κ2) is 5.88. The van der Waals surface area contributed by atoms with E-state index in [4.69, 9.17) is 0 Å². The smallest absolute Gasteiger partial charge is 0.258 e. The molecule has 0 aliphatic carbocycles. The van der Waals surface area contributed by atoms with Gasteiger partial charge in [-0.25, -0.2) is 4.98 Å². The van der Waals surface area contributed by atoms with Crippen LogP contribution in [0.25, 0.3) is 5.65 Å². The van der Waals surface area contributed by atoms with E-state index in [1.807, 2.05) is 32.3 Å². The Morgan fingerprint density at radius 1 is 1.13 bits per heavy atom. The van der Waals surface area contributed by atoms with Crippen molar-refractivity contribution in [2.75, 3.05) is 11.9 Å². The summed E-state index contributed by atoms with van der Waals surface area (Å²) in [4.78, 5) is 19.0. The first-order valence-corrected chi connectivity index (χ1v) is 7.72. The van der Waals surface area contributed by atoms with E-state index in [0.717, 1.165) is 16.9 Å². The van der Waals surface area contributed by atoms with Crippen LogP contribution in [0.2, 0.25) is 0 Å². The maximum Gasteiger partial charge on any atom is 0.258 e. The molecular formula is C19H21N3O. The molecular weight excluding hydrogens is 286 g/mol. The Bertz CT molecular complexity index is 928. The molecule has 0 aliphatic heterocycles. The van der Waals surface area contributed by atoms with E-state index in [1.54, 1.807) is 10.5 Å². The molecule has 3 aromatic rings. The average molecular weight is 307 g/mol. The summed E-state index contributed by atoms with van der Waals surface area (Å²) in [6.45, 7) is 6.79. The average Bonchev–Trinajstić information content (AvgIpc) is 2.51. The predicted octanol–water partition coefficient (Wildman–Crippen LogP) is 3.26. The highest BCUT2D eigenvalue weighted by molar-refractivity contribution is 5.55. The maximum absolute atomic E-state index is 12.3. The quantitative estimate of drug-likeness (QED) is 0.745. The standard InChI is InChI=1S/C19H21N3O/c1-13-8-9-18-20-16(10-19(23)22(18)11-13)12-21(4)17-7-5-6-14(2)15(17)3/h5-11H,12H2,1-4H3. The summed E-state index contributed by atoms with van der Waals surface area (Å²) < 4.78 is 1.59. The largest absolute Gasteiger partial charge is 0.368 e. The molecule has 2 heterocycles. The van der Waals surface area contributed by atoms with E-state index in [-0.39, 0.29) is 5.56 Å². The number of hydrogen-bond donors (Lipinski definition) is 0. The number of anilines is 1. The van der Waals surface area contributed by atoms with E-state index in [0.29, 0.717) is 12.2 Å². The highest BCUT2D eigenvalue weighted by Crippen LogP contribution is 2.22. The minimum atomic E-state index is -0.0388. The second-order valence-electron chi connectivity index (χ2n) is 6.10. The van der Waals surface area contributed by atoms with E-state index >= 15 is 0 Å². The van der Waals surface area contributed by atoms with E-state index < -0.39 is 0 Å². The Kier molecular flexibility index (Phi) is 3.90. The molecule has 4 nitrogen and oxygen atoms in total. The van der Waals surface area contributed by atoms with E-state index in [9.17, 15) is 4.79 Å². The van der Waals surface area contributed by atoms with Gasteiger partial charge in [-0.05, 0) is 49.6 Å². The first-order valence-electron chi connectivity index (χ1n) is 7.72. The van der Waals surface area contributed by atoms with Gasteiger partial charge in [0.15, 0.2) is 0 Å². The Hall–Kier alpha value is -2.62. The number of nitrogens with zero attached hydrogens (tertiary/aromatic N) is 3. The highest BCUT2D eigenvalue weighted by Gasteiger charge is 2.09. The zero-order valence-electron chi connectivity index (χ0n) is 14.0. The van der Waals surface area contributed by atoms with Gasteiger partial charge in [0.25, 0.3) is 5.56 Å². The third kappa shape index (κ3) is 2.97. The number of benzene rings is 1. The molecule has 4 heteroatoms. The minimum Gasteiger partial charge on any atom is -0.368 e. The van der Waals surface area contributed by atoms with Gasteiger partial charge in [0.2, 0.25) is 0 Å². The molecule has 0 fully saturated rings. The summed E-state index contributed by atoms with van der Waals surface area (Å²) >= 11 is 0. The third-order valence-electron chi connectivity index (χ3n) is 4.25. The molecule has 0 atom stereocenters. The third-order valence-corrected chi connectivity index (χ3v) is 4.25. The van der Waals surface area contributed by atoms with E-state index in [2.05, 4.69) is 41.9 Å². The Balaban J connectivity index is 1.97. The number of rotatable bonds is 3. The fourth-order valence-electron chi connectivity index (χ4n) is 2.82. The van der Waals surface area contributed by atoms with Crippen LogP contribution in [-0.2, 0) is 6.54 Å². The molecule has 0 amide bonds. The molecule has 0 unspecified atom stereocenters. The van der Waals surface area contributed by atoms with Crippen molar-refractivity contribution in [1.29, 1.82) is 0 Å². The molecule has 0 N–H and O–H groups in total. The van der Waals surface area contributed by atoms with Gasteiger partial charge in [0, 0.05) is 25.0 Å². The molecule has 118 valence electrons. The molecule has 1 aromatic carbocycles. The number of aryl methyl sites for hydroxylation is 2. The molecule has 0 radical (unpaired) electrons. The van der Waals surface area contributed by atoms with Crippen LogP contribution in [0.3, 0.4) is 0 Å². The summed E-state index contributed by atoms with van der Waals surface area (Å²) in [7, 11) is 2.03. The second-order valence-corrected chi connectivity index (χ2v) is 6.10. The van der Waals surface area contributed by atoms with Gasteiger partial charge in [-0.3, -0.25) is 9.20 Å². The molecule has 0 saturated heterocycles. The van der Waals surface area contributed by atoms with Crippen molar-refractivity contribution < 1.29 is 0 Å². The van der Waals surface area contributed by atoms with Crippen LogP contribution in [0.15, 0.2) is 47.4 Å². The van der Waals surface area contributed by atoms with Crippen molar-refractivity contribution in [2.45, 2.75) is 27.3 Å². The maximum atomic E-state index is 12.3. The van der Waals surface area contributed by atoms with E-state index in [1.165, 1.54) is 11.1 Å². The zero-order chi connectivity index (χ0) is 16.6. The highest BCUT2D eigenvalue weighted by atomic mass is 16.1. The minimum absolute atomic E-state index is 0.0388. The summed E-state index contributed by atoms with van der Waals surface area (Å²) in [5, 5.41) is 0. The van der Waals surface area contributed by atoms with Gasteiger partial charge >= 0.3 is 0 Å². The molecule has 2 aromatic heterocycles. The number of hydrogen-bond acceptors (Lipinski definition) is 3. The van der Waals surface area contributed by atoms with Crippen molar-refractivity contribution in [3.63, 3.8) is 0 Å². The molecule has 23 heavy (non-hydrogen) atoms. The van der Waals surface area contributed by atoms with Crippen molar-refractivity contribution >= 4 is 11.3 Å². The molecule has 3 rings (SSSR count). The Morgan fingerprint density at radius 3 is 2.70 bits per heavy atom. The summed E-state index contributed by atoms with van der Waals surface area (Å²) in [5.74, 6) is 0. The lowest BCUT2D eigenvalue weighted by Gasteiger charge is -2.22. The van der Waals surface area contributed by atoms with Crippen molar-refractivity contribution in [3.8, 4) is 0 Å². The fourth-order valence-corrected chi connectivity index (χ4v) is 2.82. The molecule has 0 bridgehead atoms. The summed E-state index contributed by atoms with van der Waals surface area (Å²) in [6, 6.07) is 11.7. The van der Waals surface area contributed by atoms with Gasteiger partial charge in [-0.2, -0.15) is 0 Å². The van der Waals surface area contributed by atoms with Crippen LogP contribution in [-0.4, -0.2) is 16.4 Å². The van der Waals surface area contributed by atoms with Crippen LogP contribution in [0.4, 0.5) is 5.69 Å². The van der Waals surface area contributed by atoms with Gasteiger partial charge in [-0.1, -0.05) is 18.2 Å². The van der Waals surface area contributed by atoms with Crippen LogP contribution >= 0.6 is 0 Å². The van der Waals surface area contributed by atoms with Crippen LogP contribution in [0.5, 0.6) is 0 Å². The lowest BCUT2D eigenvalue weighted by Crippen LogP contribution is -2.22. The van der Waals surface area contributed by atoms with Gasteiger partial charge in [-0.15, -0.1) is 0 Å². The Morgan fingerprint density at radius 2 is 1.91 bits per heavy atom. The van der Waals surface area contributed by atoms with Gasteiger partial charge in [0.05, 0.1) is 12.2 Å². The zero-order valence-corrected chi connectivity index (χ0v) is 14.0. The lowest BCUT2D eigenvalue weighted by molar-refractivity contribution is 0.865. The normalized spacial score (nSPS) is 11.0. The Labute approximate surface area is 136 Å². The van der Waals surface area contributed by atoms with Crippen molar-refractivity contribution in [2.24, 2.45) is 0 Å². The number of pyridine rings is 1. The fraction of sp³-hybridized carbons (Fsp3) is 0.263. The molecule has 0 spiro atoms. The first-order chi connectivity index (χ1) is 11.0. The predicted molar refractivity (Wildman–Crippen MR) is 94.2 cm³/mol. The molecule has 0 aliphatic rings. The molecule has 0 saturated carbocycles. The van der Waals surface area contributed by atoms with Crippen LogP contribution in [0, 0.1) is 20.8 Å². The van der Waals surface area contributed by atoms with Crippen molar-refractivity contribution in [1.82, 2.24) is 9.38 Å². The lowest BCUT2D eigenvalue weighted by atomic mass is 10.1. The SMILES string of the molecule is Cc1ccc2nc(CN(C)c3cccc(C)c3C)cc(=O)n2c1. The summed E-state index contributed by atoms with van der Waals surface area (Å²) in [5.41, 5.74) is 6.15. The van der Waals surface area contributed by atoms with Crippen LogP contribution < -0.4 is 10.5 Å². The van der Waals surface area contributed by atoms with Gasteiger partial charge < -0.3 is 4.90 Å². The monoisotopic (exact) mass is 307 g/mol. The van der Waals surface area contributed by atoms with Crippen molar-refractivity contribution in [3.05, 3.63) is 75.3 Å². The van der Waals surface area contributed by atoms with Crippen LogP contribution in [0.1, 0.15) is 22.4 Å². The van der Waals surface area contributed by atoms with Gasteiger partial charge in [0.1, 0.15) is 5.65 Å². The number of aromatic nitrogens is 2.